The molecule has 1 aliphatic carbocycles. The molecule has 1 aromatic rings. The zero-order valence-corrected chi connectivity index (χ0v) is 13.1. The molecule has 3 heteroatoms. The second-order valence-corrected chi connectivity index (χ2v) is 6.37. The van der Waals surface area contributed by atoms with Gasteiger partial charge in [-0.2, -0.15) is 0 Å². The Balaban J connectivity index is 2.11. The number of halogens is 2. The summed E-state index contributed by atoms with van der Waals surface area (Å²) in [5.41, 5.74) is 1.20. The van der Waals surface area contributed by atoms with Crippen molar-refractivity contribution in [2.24, 2.45) is 5.92 Å². The minimum absolute atomic E-state index is 0.130. The molecule has 0 saturated heterocycles. The first kappa shape index (κ1) is 14.2. The molecular formula is C15H20BrClO. The molecular weight excluding hydrogens is 312 g/mol. The van der Waals surface area contributed by atoms with E-state index < -0.39 is 0 Å². The van der Waals surface area contributed by atoms with E-state index in [1.54, 1.807) is 7.11 Å². The maximum Gasteiger partial charge on any atom is 0.133 e. The topological polar surface area (TPSA) is 9.23 Å². The van der Waals surface area contributed by atoms with Crippen LogP contribution in [0.5, 0.6) is 5.75 Å². The zero-order valence-electron chi connectivity index (χ0n) is 10.8. The second-order valence-electron chi connectivity index (χ2n) is 5.05. The van der Waals surface area contributed by atoms with Gasteiger partial charge in [0.1, 0.15) is 5.75 Å². The lowest BCUT2D eigenvalue weighted by atomic mass is 9.92. The highest BCUT2D eigenvalue weighted by Gasteiger charge is 2.22. The summed E-state index contributed by atoms with van der Waals surface area (Å²) in [5, 5.41) is 0.130. The van der Waals surface area contributed by atoms with Crippen LogP contribution in [0.1, 0.15) is 49.5 Å². The van der Waals surface area contributed by atoms with Crippen molar-refractivity contribution in [3.8, 4) is 5.75 Å². The molecule has 1 nitrogen and oxygen atoms in total. The number of rotatable bonds is 3. The van der Waals surface area contributed by atoms with Crippen molar-refractivity contribution in [1.29, 1.82) is 0 Å². The summed E-state index contributed by atoms with van der Waals surface area (Å²) in [6.07, 6.45) is 7.91. The van der Waals surface area contributed by atoms with Crippen LogP contribution in [0.3, 0.4) is 0 Å². The van der Waals surface area contributed by atoms with E-state index in [2.05, 4.69) is 28.1 Å². The normalized spacial score (nSPS) is 19.3. The summed E-state index contributed by atoms with van der Waals surface area (Å²) in [7, 11) is 1.68. The fraction of sp³-hybridized carbons (Fsp3) is 0.600. The van der Waals surface area contributed by atoms with Gasteiger partial charge in [0, 0.05) is 0 Å². The summed E-state index contributed by atoms with van der Waals surface area (Å²) >= 11 is 10.2. The number of alkyl halides is 1. The Bertz CT molecular complexity index is 386. The Hall–Kier alpha value is -0.210. The molecule has 1 atom stereocenters. The standard InChI is InChI=1S/C15H20BrClO/c1-18-14-9-8-12(10-13(14)16)15(17)11-6-4-2-3-5-7-11/h8-11,15H,2-7H2,1H3. The first-order valence-corrected chi connectivity index (χ1v) is 7.93. The monoisotopic (exact) mass is 330 g/mol. The quantitative estimate of drug-likeness (QED) is 0.509. The van der Waals surface area contributed by atoms with Gasteiger partial charge in [-0.1, -0.05) is 31.7 Å². The molecule has 2 rings (SSSR count). The molecule has 0 N–H and O–H groups in total. The van der Waals surface area contributed by atoms with Crippen molar-refractivity contribution in [1.82, 2.24) is 0 Å². The number of benzene rings is 1. The molecule has 100 valence electrons. The van der Waals surface area contributed by atoms with Crippen LogP contribution in [0, 0.1) is 5.92 Å². The number of hydrogen-bond donors (Lipinski definition) is 0. The highest BCUT2D eigenvalue weighted by atomic mass is 79.9. The van der Waals surface area contributed by atoms with Crippen molar-refractivity contribution in [2.75, 3.05) is 7.11 Å². The first-order valence-electron chi connectivity index (χ1n) is 6.70. The summed E-state index contributed by atoms with van der Waals surface area (Å²) in [4.78, 5) is 0. The Kier molecular flexibility index (Phi) is 5.38. The molecule has 0 aromatic heterocycles. The summed E-state index contributed by atoms with van der Waals surface area (Å²) in [6.45, 7) is 0. The minimum Gasteiger partial charge on any atom is -0.496 e. The lowest BCUT2D eigenvalue weighted by Gasteiger charge is -2.21. The van der Waals surface area contributed by atoms with Gasteiger partial charge in [0.2, 0.25) is 0 Å². The SMILES string of the molecule is COc1ccc(C(Cl)C2CCCCCC2)cc1Br. The molecule has 0 radical (unpaired) electrons. The predicted octanol–water partition coefficient (Wildman–Crippen LogP) is 5.71. The maximum absolute atomic E-state index is 6.66. The smallest absolute Gasteiger partial charge is 0.133 e. The van der Waals surface area contributed by atoms with Crippen LogP contribution in [0.4, 0.5) is 0 Å². The van der Waals surface area contributed by atoms with Crippen LogP contribution in [-0.4, -0.2) is 7.11 Å². The van der Waals surface area contributed by atoms with Gasteiger partial charge in [-0.3, -0.25) is 0 Å². The molecule has 0 bridgehead atoms. The summed E-state index contributed by atoms with van der Waals surface area (Å²) < 4.78 is 6.24. The fourth-order valence-corrected chi connectivity index (χ4v) is 3.68. The van der Waals surface area contributed by atoms with E-state index in [1.807, 2.05) is 6.07 Å². The van der Waals surface area contributed by atoms with Crippen LogP contribution >= 0.6 is 27.5 Å². The summed E-state index contributed by atoms with van der Waals surface area (Å²) in [6, 6.07) is 6.18. The van der Waals surface area contributed by atoms with Crippen molar-refractivity contribution in [3.05, 3.63) is 28.2 Å². The molecule has 1 saturated carbocycles. The first-order chi connectivity index (χ1) is 8.72. The van der Waals surface area contributed by atoms with Crippen LogP contribution in [0.25, 0.3) is 0 Å². The molecule has 18 heavy (non-hydrogen) atoms. The van der Waals surface area contributed by atoms with E-state index in [1.165, 1.54) is 44.1 Å². The van der Waals surface area contributed by atoms with E-state index >= 15 is 0 Å². The largest absolute Gasteiger partial charge is 0.496 e. The minimum atomic E-state index is 0.130. The van der Waals surface area contributed by atoms with Gasteiger partial charge >= 0.3 is 0 Å². The Morgan fingerprint density at radius 2 is 1.89 bits per heavy atom. The van der Waals surface area contributed by atoms with Gasteiger partial charge in [0.15, 0.2) is 0 Å². The van der Waals surface area contributed by atoms with Gasteiger partial charge < -0.3 is 4.74 Å². The van der Waals surface area contributed by atoms with Gasteiger partial charge in [0.25, 0.3) is 0 Å². The molecule has 0 spiro atoms. The van der Waals surface area contributed by atoms with Crippen LogP contribution < -0.4 is 4.74 Å². The van der Waals surface area contributed by atoms with Crippen molar-refractivity contribution < 1.29 is 4.74 Å². The van der Waals surface area contributed by atoms with Crippen molar-refractivity contribution in [3.63, 3.8) is 0 Å². The molecule has 0 heterocycles. The summed E-state index contributed by atoms with van der Waals surface area (Å²) in [5.74, 6) is 1.48. The average molecular weight is 332 g/mol. The highest BCUT2D eigenvalue weighted by Crippen LogP contribution is 2.39. The third-order valence-electron chi connectivity index (χ3n) is 3.81. The van der Waals surface area contributed by atoms with Crippen molar-refractivity contribution >= 4 is 27.5 Å². The van der Waals surface area contributed by atoms with Gasteiger partial charge in [0.05, 0.1) is 17.0 Å². The fourth-order valence-electron chi connectivity index (χ4n) is 2.73. The highest BCUT2D eigenvalue weighted by molar-refractivity contribution is 9.10. The van der Waals surface area contributed by atoms with E-state index in [9.17, 15) is 0 Å². The Morgan fingerprint density at radius 3 is 2.44 bits per heavy atom. The van der Waals surface area contributed by atoms with E-state index in [4.69, 9.17) is 16.3 Å². The molecule has 1 aromatic carbocycles. The molecule has 0 amide bonds. The molecule has 1 unspecified atom stereocenters. The number of hydrogen-bond acceptors (Lipinski definition) is 1. The van der Waals surface area contributed by atoms with Gasteiger partial charge in [-0.25, -0.2) is 0 Å². The maximum atomic E-state index is 6.66. The van der Waals surface area contributed by atoms with Crippen LogP contribution in [0.15, 0.2) is 22.7 Å². The second kappa shape index (κ2) is 6.81. The third-order valence-corrected chi connectivity index (χ3v) is 5.04. The molecule has 1 aliphatic rings. The van der Waals surface area contributed by atoms with Crippen LogP contribution in [0.2, 0.25) is 0 Å². The Morgan fingerprint density at radius 1 is 1.22 bits per heavy atom. The lowest BCUT2D eigenvalue weighted by molar-refractivity contribution is 0.411. The molecule has 1 fully saturated rings. The van der Waals surface area contributed by atoms with Gasteiger partial charge in [-0.15, -0.1) is 11.6 Å². The number of methoxy groups -OCH3 is 1. The predicted molar refractivity (Wildman–Crippen MR) is 80.5 cm³/mol. The Labute approximate surface area is 123 Å². The van der Waals surface area contributed by atoms with E-state index in [-0.39, 0.29) is 5.38 Å². The lowest BCUT2D eigenvalue weighted by Crippen LogP contribution is -2.07. The average Bonchev–Trinajstić information content (AvgIpc) is 2.66. The zero-order chi connectivity index (χ0) is 13.0. The van der Waals surface area contributed by atoms with Crippen LogP contribution in [-0.2, 0) is 0 Å². The van der Waals surface area contributed by atoms with Crippen molar-refractivity contribution in [2.45, 2.75) is 43.9 Å². The molecule has 0 aliphatic heterocycles. The van der Waals surface area contributed by atoms with E-state index in [0.29, 0.717) is 5.92 Å². The van der Waals surface area contributed by atoms with Gasteiger partial charge in [-0.05, 0) is 52.4 Å². The third kappa shape index (κ3) is 3.42. The number of ether oxygens (including phenoxy) is 1. The van der Waals surface area contributed by atoms with E-state index in [0.717, 1.165) is 10.2 Å².